The van der Waals surface area contributed by atoms with Crippen LogP contribution in [-0.2, 0) is 0 Å². The molecule has 1 aromatic carbocycles. The summed E-state index contributed by atoms with van der Waals surface area (Å²) in [6, 6.07) is 9.42. The molecular formula is C14H9Cl2N5S. The maximum atomic E-state index is 6.32. The molecule has 0 bridgehead atoms. The van der Waals surface area contributed by atoms with Crippen molar-refractivity contribution in [2.45, 2.75) is 6.04 Å². The smallest absolute Gasteiger partial charge is 0.248 e. The van der Waals surface area contributed by atoms with E-state index in [9.17, 15) is 0 Å². The molecule has 1 aliphatic rings. The van der Waals surface area contributed by atoms with Gasteiger partial charge in [-0.3, -0.25) is 0 Å². The van der Waals surface area contributed by atoms with E-state index in [2.05, 4.69) is 33.0 Å². The minimum absolute atomic E-state index is 0.0620. The molecule has 3 heterocycles. The van der Waals surface area contributed by atoms with E-state index in [1.54, 1.807) is 22.1 Å². The van der Waals surface area contributed by atoms with Crippen LogP contribution in [-0.4, -0.2) is 20.2 Å². The number of fused-ring (bicyclic) bond motifs is 1. The van der Waals surface area contributed by atoms with Crippen LogP contribution in [0.5, 0.6) is 0 Å². The van der Waals surface area contributed by atoms with Gasteiger partial charge in [-0.2, -0.15) is 4.68 Å². The minimum Gasteiger partial charge on any atom is -0.323 e. The van der Waals surface area contributed by atoms with Gasteiger partial charge in [0.15, 0.2) is 0 Å². The molecular weight excluding hydrogens is 341 g/mol. The molecule has 110 valence electrons. The number of allylic oxidation sites excluding steroid dienone is 1. The zero-order chi connectivity index (χ0) is 15.1. The van der Waals surface area contributed by atoms with Crippen molar-refractivity contribution in [1.82, 2.24) is 20.2 Å². The molecule has 0 unspecified atom stereocenters. The second-order valence-corrected chi connectivity index (χ2v) is 6.56. The quantitative estimate of drug-likeness (QED) is 0.756. The highest BCUT2D eigenvalue weighted by molar-refractivity contribution is 7.10. The lowest BCUT2D eigenvalue weighted by molar-refractivity contribution is 0.593. The molecule has 1 aliphatic heterocycles. The lowest BCUT2D eigenvalue weighted by Gasteiger charge is -2.22. The number of hydrogen-bond acceptors (Lipinski definition) is 5. The Hall–Kier alpha value is -1.89. The summed E-state index contributed by atoms with van der Waals surface area (Å²) in [5.41, 5.74) is 1.73. The Kier molecular flexibility index (Phi) is 3.37. The highest BCUT2D eigenvalue weighted by Crippen LogP contribution is 2.36. The maximum absolute atomic E-state index is 6.32. The van der Waals surface area contributed by atoms with E-state index in [0.717, 1.165) is 16.1 Å². The molecule has 0 radical (unpaired) electrons. The van der Waals surface area contributed by atoms with Gasteiger partial charge in [0.2, 0.25) is 5.95 Å². The first kappa shape index (κ1) is 13.8. The first-order valence-corrected chi connectivity index (χ1v) is 8.11. The Bertz CT molecular complexity index is 856. The minimum atomic E-state index is -0.0620. The van der Waals surface area contributed by atoms with Crippen molar-refractivity contribution in [3.8, 4) is 0 Å². The number of nitrogens with one attached hydrogen (secondary N) is 1. The molecule has 0 saturated heterocycles. The summed E-state index contributed by atoms with van der Waals surface area (Å²) in [5, 5.41) is 18.3. The van der Waals surface area contributed by atoms with Gasteiger partial charge in [0.1, 0.15) is 6.04 Å². The Morgan fingerprint density at radius 1 is 1.23 bits per heavy atom. The van der Waals surface area contributed by atoms with Crippen LogP contribution in [0.1, 0.15) is 16.5 Å². The summed E-state index contributed by atoms with van der Waals surface area (Å²) in [5.74, 6) is 0.585. The molecule has 4 rings (SSSR count). The third kappa shape index (κ3) is 2.29. The highest BCUT2D eigenvalue weighted by Gasteiger charge is 2.25. The number of anilines is 1. The maximum Gasteiger partial charge on any atom is 0.248 e. The second kappa shape index (κ2) is 5.39. The molecule has 1 N–H and O–H groups in total. The van der Waals surface area contributed by atoms with Gasteiger partial charge >= 0.3 is 0 Å². The van der Waals surface area contributed by atoms with E-state index < -0.39 is 0 Å². The molecule has 3 aromatic rings. The summed E-state index contributed by atoms with van der Waals surface area (Å²) >= 11 is 13.9. The van der Waals surface area contributed by atoms with E-state index in [4.69, 9.17) is 23.2 Å². The number of thiophene rings is 1. The van der Waals surface area contributed by atoms with Gasteiger partial charge in [-0.25, -0.2) is 0 Å². The summed E-state index contributed by atoms with van der Waals surface area (Å²) in [4.78, 5) is 1.15. The Morgan fingerprint density at radius 2 is 2.14 bits per heavy atom. The average molecular weight is 350 g/mol. The van der Waals surface area contributed by atoms with Gasteiger partial charge < -0.3 is 5.32 Å². The van der Waals surface area contributed by atoms with Crippen LogP contribution in [0.3, 0.4) is 0 Å². The molecule has 0 fully saturated rings. The zero-order valence-corrected chi connectivity index (χ0v) is 13.4. The van der Waals surface area contributed by atoms with Gasteiger partial charge in [-0.1, -0.05) is 34.4 Å². The van der Waals surface area contributed by atoms with E-state index in [0.29, 0.717) is 16.0 Å². The Morgan fingerprint density at radius 3 is 2.91 bits per heavy atom. The number of benzene rings is 1. The SMILES string of the molecule is Clc1ccc(C2=C[C@H](c3cccs3)n3nnnc3N2)c(Cl)c1. The van der Waals surface area contributed by atoms with E-state index in [1.165, 1.54) is 0 Å². The van der Waals surface area contributed by atoms with Crippen LogP contribution in [0, 0.1) is 0 Å². The fourth-order valence-electron chi connectivity index (χ4n) is 2.38. The number of nitrogens with zero attached hydrogens (tertiary/aromatic N) is 4. The monoisotopic (exact) mass is 349 g/mol. The summed E-state index contributed by atoms with van der Waals surface area (Å²) < 4.78 is 1.75. The van der Waals surface area contributed by atoms with Crippen LogP contribution in [0.2, 0.25) is 10.0 Å². The van der Waals surface area contributed by atoms with Crippen molar-refractivity contribution >= 4 is 46.2 Å². The fourth-order valence-corrected chi connectivity index (χ4v) is 3.67. The van der Waals surface area contributed by atoms with Gasteiger partial charge in [-0.05, 0) is 46.1 Å². The van der Waals surface area contributed by atoms with Crippen molar-refractivity contribution in [2.75, 3.05) is 5.32 Å². The third-order valence-corrected chi connectivity index (χ3v) is 4.87. The predicted octanol–water partition coefficient (Wildman–Crippen LogP) is 4.10. The van der Waals surface area contributed by atoms with Crippen LogP contribution >= 0.6 is 34.5 Å². The molecule has 8 heteroatoms. The van der Waals surface area contributed by atoms with Crippen molar-refractivity contribution in [2.24, 2.45) is 0 Å². The molecule has 1 atom stereocenters. The third-order valence-electron chi connectivity index (χ3n) is 3.38. The first-order chi connectivity index (χ1) is 10.7. The van der Waals surface area contributed by atoms with Crippen LogP contribution in [0.25, 0.3) is 5.70 Å². The van der Waals surface area contributed by atoms with Crippen molar-refractivity contribution < 1.29 is 0 Å². The molecule has 0 saturated carbocycles. The molecule has 0 spiro atoms. The summed E-state index contributed by atoms with van der Waals surface area (Å²) in [7, 11) is 0. The fraction of sp³-hybridized carbons (Fsp3) is 0.0714. The van der Waals surface area contributed by atoms with Crippen molar-refractivity contribution in [3.63, 3.8) is 0 Å². The number of halogens is 2. The molecule has 0 amide bonds. The van der Waals surface area contributed by atoms with Gasteiger partial charge in [0, 0.05) is 21.2 Å². The molecule has 5 nitrogen and oxygen atoms in total. The lowest BCUT2D eigenvalue weighted by Crippen LogP contribution is -2.19. The standard InChI is InChI=1S/C14H9Cl2N5S/c15-8-3-4-9(10(16)6-8)11-7-12(13-2-1-5-22-13)21-14(17-11)18-19-20-21/h1-7,12H,(H,17,18,20)/t12-/m1/s1. The summed E-state index contributed by atoms with van der Waals surface area (Å²) in [6.07, 6.45) is 2.06. The summed E-state index contributed by atoms with van der Waals surface area (Å²) in [6.45, 7) is 0. The van der Waals surface area contributed by atoms with Gasteiger partial charge in [-0.15, -0.1) is 11.3 Å². The zero-order valence-electron chi connectivity index (χ0n) is 11.1. The van der Waals surface area contributed by atoms with Gasteiger partial charge in [0.25, 0.3) is 0 Å². The molecule has 22 heavy (non-hydrogen) atoms. The van der Waals surface area contributed by atoms with E-state index in [1.807, 2.05) is 23.6 Å². The van der Waals surface area contributed by atoms with E-state index >= 15 is 0 Å². The normalized spacial score (nSPS) is 16.8. The van der Waals surface area contributed by atoms with E-state index in [-0.39, 0.29) is 6.04 Å². The predicted molar refractivity (Wildman–Crippen MR) is 88.3 cm³/mol. The molecule has 0 aliphatic carbocycles. The Labute approximate surface area is 140 Å². The Balaban J connectivity index is 1.83. The van der Waals surface area contributed by atoms with Crippen molar-refractivity contribution in [1.29, 1.82) is 0 Å². The topological polar surface area (TPSA) is 55.6 Å². The number of hydrogen-bond donors (Lipinski definition) is 1. The van der Waals surface area contributed by atoms with Crippen LogP contribution in [0.15, 0.2) is 41.8 Å². The molecule has 2 aromatic heterocycles. The van der Waals surface area contributed by atoms with Crippen LogP contribution < -0.4 is 5.32 Å². The van der Waals surface area contributed by atoms with Crippen molar-refractivity contribution in [3.05, 3.63) is 62.3 Å². The largest absolute Gasteiger partial charge is 0.323 e. The lowest BCUT2D eigenvalue weighted by atomic mass is 10.1. The number of aromatic nitrogens is 4. The second-order valence-electron chi connectivity index (χ2n) is 4.74. The average Bonchev–Trinajstić information content (AvgIpc) is 3.17. The van der Waals surface area contributed by atoms with Gasteiger partial charge in [0.05, 0.1) is 5.02 Å². The first-order valence-electron chi connectivity index (χ1n) is 6.48. The number of rotatable bonds is 2. The number of tetrazole rings is 1. The van der Waals surface area contributed by atoms with Crippen LogP contribution in [0.4, 0.5) is 5.95 Å². The highest BCUT2D eigenvalue weighted by atomic mass is 35.5.